The van der Waals surface area contributed by atoms with Crippen molar-refractivity contribution in [1.29, 1.82) is 0 Å². The van der Waals surface area contributed by atoms with Crippen molar-refractivity contribution in [3.63, 3.8) is 0 Å². The highest BCUT2D eigenvalue weighted by atomic mass is 16.2. The average Bonchev–Trinajstić information content (AvgIpc) is 3.48. The van der Waals surface area contributed by atoms with Gasteiger partial charge in [0.05, 0.1) is 12.0 Å². The molecule has 1 aromatic heterocycles. The molecule has 1 amide bonds. The van der Waals surface area contributed by atoms with Crippen LogP contribution in [0.3, 0.4) is 0 Å². The number of piperidine rings is 1. The van der Waals surface area contributed by atoms with E-state index in [-0.39, 0.29) is 23.8 Å². The number of H-pyrrole nitrogens is 1. The van der Waals surface area contributed by atoms with Crippen LogP contribution in [-0.2, 0) is 4.79 Å². The maximum absolute atomic E-state index is 14.3. The molecule has 0 aliphatic carbocycles. The topological polar surface area (TPSA) is 46.5 Å². The van der Waals surface area contributed by atoms with Crippen LogP contribution >= 0.6 is 0 Å². The number of aromatic nitrogens is 1. The number of nitrogens with zero attached hydrogens (tertiary/aromatic N) is 1. The lowest BCUT2D eigenvalue weighted by atomic mass is 9.80. The third kappa shape index (κ3) is 4.82. The third-order valence-corrected chi connectivity index (χ3v) is 8.26. The molecular formula is C33H34N3O+. The second kappa shape index (κ2) is 10.7. The molecular weight excluding hydrogens is 454 g/mol. The van der Waals surface area contributed by atoms with E-state index >= 15 is 0 Å². The smallest absolute Gasteiger partial charge is 0.228 e. The monoisotopic (exact) mass is 488 g/mol. The number of aromatic amines is 1. The van der Waals surface area contributed by atoms with Gasteiger partial charge in [-0.3, -0.25) is 4.79 Å². The summed E-state index contributed by atoms with van der Waals surface area (Å²) in [6.45, 7) is 2.33. The van der Waals surface area contributed by atoms with Crippen molar-refractivity contribution >= 4 is 5.91 Å². The van der Waals surface area contributed by atoms with Gasteiger partial charge in [0.2, 0.25) is 5.91 Å². The van der Waals surface area contributed by atoms with Crippen LogP contribution in [0, 0.1) is 5.92 Å². The first-order valence-electron chi connectivity index (χ1n) is 13.5. The SMILES string of the molecule is O=C([C@@H]1CNC[C@H]1c1ccccc1-c1cc[nH+]cc1)N1CC[C@H](c2ccccc2)C[C@@H]1c1ccccc1. The summed E-state index contributed by atoms with van der Waals surface area (Å²) in [6, 6.07) is 34.3. The summed E-state index contributed by atoms with van der Waals surface area (Å²) in [5.74, 6) is 0.821. The number of hydrogen-bond acceptors (Lipinski definition) is 2. The fourth-order valence-electron chi connectivity index (χ4n) is 6.38. The van der Waals surface area contributed by atoms with E-state index < -0.39 is 0 Å². The van der Waals surface area contributed by atoms with Crippen molar-refractivity contribution in [2.45, 2.75) is 30.7 Å². The van der Waals surface area contributed by atoms with E-state index in [9.17, 15) is 4.79 Å². The third-order valence-electron chi connectivity index (χ3n) is 8.26. The van der Waals surface area contributed by atoms with Crippen LogP contribution in [0.2, 0.25) is 0 Å². The molecule has 186 valence electrons. The number of amides is 1. The van der Waals surface area contributed by atoms with Crippen molar-refractivity contribution in [3.8, 4) is 11.1 Å². The Hall–Kier alpha value is -3.76. The van der Waals surface area contributed by atoms with Crippen LogP contribution in [0.1, 0.15) is 47.4 Å². The Balaban J connectivity index is 1.31. The summed E-state index contributed by atoms with van der Waals surface area (Å²) >= 11 is 0. The van der Waals surface area contributed by atoms with Crippen LogP contribution in [0.15, 0.2) is 109 Å². The van der Waals surface area contributed by atoms with Crippen LogP contribution in [0.5, 0.6) is 0 Å². The van der Waals surface area contributed by atoms with Crippen molar-refractivity contribution in [1.82, 2.24) is 10.2 Å². The molecule has 3 heterocycles. The zero-order valence-corrected chi connectivity index (χ0v) is 21.1. The minimum atomic E-state index is -0.0732. The molecule has 2 N–H and O–H groups in total. The molecule has 2 fully saturated rings. The molecule has 6 rings (SSSR count). The van der Waals surface area contributed by atoms with Crippen molar-refractivity contribution in [2.75, 3.05) is 19.6 Å². The lowest BCUT2D eigenvalue weighted by Gasteiger charge is -2.42. The van der Waals surface area contributed by atoms with Gasteiger partial charge in [-0.05, 0) is 46.6 Å². The number of nitrogens with one attached hydrogen (secondary N) is 2. The van der Waals surface area contributed by atoms with E-state index in [0.29, 0.717) is 5.92 Å². The molecule has 3 aromatic carbocycles. The van der Waals surface area contributed by atoms with E-state index in [1.807, 2.05) is 12.4 Å². The van der Waals surface area contributed by atoms with E-state index in [2.05, 4.69) is 112 Å². The molecule has 4 heteroatoms. The fourth-order valence-corrected chi connectivity index (χ4v) is 6.38. The highest BCUT2D eigenvalue weighted by Crippen LogP contribution is 2.42. The highest BCUT2D eigenvalue weighted by molar-refractivity contribution is 5.82. The van der Waals surface area contributed by atoms with E-state index in [1.54, 1.807) is 0 Å². The van der Waals surface area contributed by atoms with Gasteiger partial charge < -0.3 is 10.2 Å². The van der Waals surface area contributed by atoms with Crippen LogP contribution in [0.25, 0.3) is 11.1 Å². The molecule has 37 heavy (non-hydrogen) atoms. The van der Waals surface area contributed by atoms with Gasteiger partial charge in [0, 0.05) is 37.7 Å². The molecule has 0 radical (unpaired) electrons. The van der Waals surface area contributed by atoms with Crippen molar-refractivity contribution < 1.29 is 9.78 Å². The minimum Gasteiger partial charge on any atom is -0.335 e. The van der Waals surface area contributed by atoms with Crippen LogP contribution in [-0.4, -0.2) is 30.4 Å². The summed E-state index contributed by atoms with van der Waals surface area (Å²) in [5.41, 5.74) is 6.26. The van der Waals surface area contributed by atoms with E-state index in [4.69, 9.17) is 0 Å². The number of likely N-dealkylation sites (tertiary alicyclic amines) is 1. The molecule has 4 aromatic rings. The molecule has 0 saturated carbocycles. The number of carbonyl (C=O) groups is 1. The van der Waals surface area contributed by atoms with Gasteiger partial charge in [-0.1, -0.05) is 84.9 Å². The second-order valence-corrected chi connectivity index (χ2v) is 10.3. The summed E-state index contributed by atoms with van der Waals surface area (Å²) in [7, 11) is 0. The molecule has 4 atom stereocenters. The maximum atomic E-state index is 14.3. The summed E-state index contributed by atoms with van der Waals surface area (Å²) in [5, 5.41) is 3.56. The minimum absolute atomic E-state index is 0.0732. The standard InChI is InChI=1S/C33H33N3O/c37-33(31-23-35-22-30(31)29-14-8-7-13-28(29)25-15-18-34-19-16-25)36-20-17-27(24-9-3-1-4-10-24)21-32(36)26-11-5-2-6-12-26/h1-16,18-19,27,30-32,35H,17,20-23H2/p+1/t27-,30-,31+,32+/m0/s1. The molecule has 2 saturated heterocycles. The van der Waals surface area contributed by atoms with Crippen LogP contribution in [0.4, 0.5) is 0 Å². The largest absolute Gasteiger partial charge is 0.335 e. The van der Waals surface area contributed by atoms with Crippen molar-refractivity contribution in [2.24, 2.45) is 5.92 Å². The van der Waals surface area contributed by atoms with Gasteiger partial charge in [-0.25, -0.2) is 4.98 Å². The Morgan fingerprint density at radius 3 is 2.22 bits per heavy atom. The number of hydrogen-bond donors (Lipinski definition) is 1. The second-order valence-electron chi connectivity index (χ2n) is 10.3. The number of pyridine rings is 1. The summed E-state index contributed by atoms with van der Waals surface area (Å²) in [4.78, 5) is 19.7. The number of rotatable bonds is 5. The quantitative estimate of drug-likeness (QED) is 0.396. The lowest BCUT2D eigenvalue weighted by Crippen LogP contribution is -2.45. The van der Waals surface area contributed by atoms with Gasteiger partial charge in [0.15, 0.2) is 12.4 Å². The number of benzene rings is 3. The Morgan fingerprint density at radius 2 is 1.46 bits per heavy atom. The Bertz CT molecular complexity index is 1330. The van der Waals surface area contributed by atoms with E-state index in [0.717, 1.165) is 32.5 Å². The molecule has 0 unspecified atom stereocenters. The van der Waals surface area contributed by atoms with Crippen molar-refractivity contribution in [3.05, 3.63) is 126 Å². The highest BCUT2D eigenvalue weighted by Gasteiger charge is 2.41. The molecule has 0 bridgehead atoms. The summed E-state index contributed by atoms with van der Waals surface area (Å²) in [6.07, 6.45) is 5.88. The predicted molar refractivity (Wildman–Crippen MR) is 147 cm³/mol. The van der Waals surface area contributed by atoms with Gasteiger partial charge in [-0.2, -0.15) is 0 Å². The first-order valence-corrected chi connectivity index (χ1v) is 13.5. The zero-order chi connectivity index (χ0) is 25.0. The Kier molecular flexibility index (Phi) is 6.83. The maximum Gasteiger partial charge on any atom is 0.228 e. The predicted octanol–water partition coefficient (Wildman–Crippen LogP) is 5.62. The first kappa shape index (κ1) is 23.6. The number of carbonyl (C=O) groups excluding carboxylic acids is 1. The van der Waals surface area contributed by atoms with Gasteiger partial charge in [0.1, 0.15) is 0 Å². The molecule has 2 aliphatic heterocycles. The van der Waals surface area contributed by atoms with Crippen LogP contribution < -0.4 is 10.3 Å². The normalized spacial score (nSPS) is 23.6. The average molecular weight is 489 g/mol. The molecule has 2 aliphatic rings. The van der Waals surface area contributed by atoms with Gasteiger partial charge in [-0.15, -0.1) is 0 Å². The summed E-state index contributed by atoms with van der Waals surface area (Å²) < 4.78 is 0. The fraction of sp³-hybridized carbons (Fsp3) is 0.273. The van der Waals surface area contributed by atoms with E-state index in [1.165, 1.54) is 27.8 Å². The Morgan fingerprint density at radius 1 is 0.784 bits per heavy atom. The zero-order valence-electron chi connectivity index (χ0n) is 21.1. The molecule has 4 nitrogen and oxygen atoms in total. The van der Waals surface area contributed by atoms with Gasteiger partial charge in [0.25, 0.3) is 0 Å². The van der Waals surface area contributed by atoms with Gasteiger partial charge >= 0.3 is 0 Å². The molecule has 0 spiro atoms. The first-order chi connectivity index (χ1) is 18.3. The lowest BCUT2D eigenvalue weighted by molar-refractivity contribution is -0.377. The Labute approximate surface area is 219 Å².